The molecular formula is C8H15N3O. The van der Waals surface area contributed by atoms with Gasteiger partial charge < -0.3 is 5.32 Å². The molecule has 0 bridgehead atoms. The monoisotopic (exact) mass is 169 g/mol. The second-order valence-electron chi connectivity index (χ2n) is 3.17. The summed E-state index contributed by atoms with van der Waals surface area (Å²) in [5.41, 5.74) is 4.74. The zero-order chi connectivity index (χ0) is 9.14. The van der Waals surface area contributed by atoms with Crippen molar-refractivity contribution in [2.75, 3.05) is 27.2 Å². The largest absolute Gasteiger partial charge is 0.309 e. The van der Waals surface area contributed by atoms with E-state index in [1.807, 2.05) is 6.92 Å². The molecule has 4 nitrogen and oxygen atoms in total. The summed E-state index contributed by atoms with van der Waals surface area (Å²) in [4.78, 5) is 11.3. The fourth-order valence-corrected chi connectivity index (χ4v) is 0.963. The summed E-state index contributed by atoms with van der Waals surface area (Å²) in [6.45, 7) is 3.56. The van der Waals surface area contributed by atoms with E-state index < -0.39 is 0 Å². The highest BCUT2D eigenvalue weighted by atomic mass is 16.2. The van der Waals surface area contributed by atoms with Crippen LogP contribution in [-0.4, -0.2) is 38.1 Å². The SMILES string of the molecule is CC(C(=O)NN(C)C)=C1CNC1. The van der Waals surface area contributed by atoms with Crippen molar-refractivity contribution in [3.8, 4) is 0 Å². The van der Waals surface area contributed by atoms with Crippen molar-refractivity contribution in [2.45, 2.75) is 6.92 Å². The Kier molecular flexibility index (Phi) is 2.83. The van der Waals surface area contributed by atoms with Gasteiger partial charge in [0.2, 0.25) is 0 Å². The molecule has 0 spiro atoms. The Balaban J connectivity index is 2.51. The summed E-state index contributed by atoms with van der Waals surface area (Å²) in [7, 11) is 3.60. The zero-order valence-electron chi connectivity index (χ0n) is 7.77. The molecule has 0 aromatic heterocycles. The second-order valence-corrected chi connectivity index (χ2v) is 3.17. The third-order valence-electron chi connectivity index (χ3n) is 1.87. The molecule has 0 aromatic rings. The number of hydrogen-bond donors (Lipinski definition) is 2. The van der Waals surface area contributed by atoms with Crippen LogP contribution in [0.1, 0.15) is 6.92 Å². The number of rotatable bonds is 2. The van der Waals surface area contributed by atoms with Crippen molar-refractivity contribution in [1.29, 1.82) is 0 Å². The number of amides is 1. The summed E-state index contributed by atoms with van der Waals surface area (Å²) in [6.07, 6.45) is 0. The second kappa shape index (κ2) is 3.69. The van der Waals surface area contributed by atoms with E-state index in [-0.39, 0.29) is 5.91 Å². The van der Waals surface area contributed by atoms with Crippen LogP contribution in [0.15, 0.2) is 11.1 Å². The summed E-state index contributed by atoms with van der Waals surface area (Å²) >= 11 is 0. The normalized spacial score (nSPS) is 15.8. The Morgan fingerprint density at radius 3 is 2.42 bits per heavy atom. The van der Waals surface area contributed by atoms with Crippen molar-refractivity contribution in [2.24, 2.45) is 0 Å². The van der Waals surface area contributed by atoms with E-state index in [1.165, 1.54) is 5.57 Å². The Labute approximate surface area is 72.6 Å². The van der Waals surface area contributed by atoms with Gasteiger partial charge in [-0.3, -0.25) is 10.2 Å². The molecular weight excluding hydrogens is 154 g/mol. The first-order valence-corrected chi connectivity index (χ1v) is 3.99. The molecule has 1 fully saturated rings. The molecule has 4 heteroatoms. The molecule has 0 atom stereocenters. The van der Waals surface area contributed by atoms with Gasteiger partial charge in [0, 0.05) is 32.8 Å². The molecule has 0 aromatic carbocycles. The van der Waals surface area contributed by atoms with Crippen LogP contribution in [0.3, 0.4) is 0 Å². The third-order valence-corrected chi connectivity index (χ3v) is 1.87. The Morgan fingerprint density at radius 2 is 2.08 bits per heavy atom. The van der Waals surface area contributed by atoms with Gasteiger partial charge in [-0.1, -0.05) is 0 Å². The zero-order valence-corrected chi connectivity index (χ0v) is 7.77. The molecule has 0 saturated carbocycles. The molecule has 1 aliphatic rings. The average molecular weight is 169 g/mol. The molecule has 68 valence electrons. The lowest BCUT2D eigenvalue weighted by Crippen LogP contribution is -2.41. The van der Waals surface area contributed by atoms with E-state index in [0.717, 1.165) is 18.7 Å². The van der Waals surface area contributed by atoms with Gasteiger partial charge in [-0.2, -0.15) is 0 Å². The number of carbonyl (C=O) groups excluding carboxylic acids is 1. The number of carbonyl (C=O) groups is 1. The molecule has 0 unspecified atom stereocenters. The molecule has 2 N–H and O–H groups in total. The van der Waals surface area contributed by atoms with Gasteiger partial charge >= 0.3 is 0 Å². The van der Waals surface area contributed by atoms with Crippen molar-refractivity contribution in [1.82, 2.24) is 15.8 Å². The molecule has 0 radical (unpaired) electrons. The average Bonchev–Trinajstić information content (AvgIpc) is 1.81. The Hall–Kier alpha value is -0.870. The quantitative estimate of drug-likeness (QED) is 0.432. The van der Waals surface area contributed by atoms with Crippen LogP contribution >= 0.6 is 0 Å². The van der Waals surface area contributed by atoms with E-state index in [9.17, 15) is 4.79 Å². The fraction of sp³-hybridized carbons (Fsp3) is 0.625. The topological polar surface area (TPSA) is 44.4 Å². The first kappa shape index (κ1) is 9.22. The van der Waals surface area contributed by atoms with Gasteiger partial charge in [0.05, 0.1) is 0 Å². The minimum absolute atomic E-state index is 0.00324. The van der Waals surface area contributed by atoms with Gasteiger partial charge in [0.15, 0.2) is 0 Å². The summed E-state index contributed by atoms with van der Waals surface area (Å²) < 4.78 is 0. The van der Waals surface area contributed by atoms with Crippen LogP contribution in [0, 0.1) is 0 Å². The highest BCUT2D eigenvalue weighted by Gasteiger charge is 2.15. The molecule has 1 heterocycles. The molecule has 1 amide bonds. The predicted molar refractivity (Wildman–Crippen MR) is 47.4 cm³/mol. The van der Waals surface area contributed by atoms with E-state index in [4.69, 9.17) is 0 Å². The van der Waals surface area contributed by atoms with E-state index in [2.05, 4.69) is 10.7 Å². The summed E-state index contributed by atoms with van der Waals surface area (Å²) in [5.74, 6) is -0.00324. The van der Waals surface area contributed by atoms with E-state index in [1.54, 1.807) is 19.1 Å². The van der Waals surface area contributed by atoms with Crippen molar-refractivity contribution in [3.63, 3.8) is 0 Å². The van der Waals surface area contributed by atoms with Crippen LogP contribution in [0.4, 0.5) is 0 Å². The highest BCUT2D eigenvalue weighted by molar-refractivity contribution is 5.93. The molecule has 1 aliphatic heterocycles. The minimum Gasteiger partial charge on any atom is -0.309 e. The number of hydrazine groups is 1. The van der Waals surface area contributed by atoms with E-state index in [0.29, 0.717) is 0 Å². The maximum atomic E-state index is 11.3. The van der Waals surface area contributed by atoms with Crippen LogP contribution in [0.2, 0.25) is 0 Å². The lowest BCUT2D eigenvalue weighted by Gasteiger charge is -2.22. The molecule has 0 aliphatic carbocycles. The standard InChI is InChI=1S/C8H15N3O/c1-6(7-4-9-5-7)8(12)10-11(2)3/h9H,4-5H2,1-3H3,(H,10,12). The van der Waals surface area contributed by atoms with Gasteiger partial charge in [0.1, 0.15) is 0 Å². The molecule has 1 rings (SSSR count). The smallest absolute Gasteiger partial charge is 0.261 e. The third kappa shape index (κ3) is 2.06. The highest BCUT2D eigenvalue weighted by Crippen LogP contribution is 2.08. The molecule has 1 saturated heterocycles. The lowest BCUT2D eigenvalue weighted by molar-refractivity contribution is -0.121. The van der Waals surface area contributed by atoms with Crippen molar-refractivity contribution < 1.29 is 4.79 Å². The lowest BCUT2D eigenvalue weighted by atomic mass is 10.0. The van der Waals surface area contributed by atoms with Crippen LogP contribution in [-0.2, 0) is 4.79 Å². The number of hydrogen-bond acceptors (Lipinski definition) is 3. The van der Waals surface area contributed by atoms with Gasteiger partial charge in [-0.15, -0.1) is 0 Å². The maximum absolute atomic E-state index is 11.3. The van der Waals surface area contributed by atoms with Crippen molar-refractivity contribution >= 4 is 5.91 Å². The summed E-state index contributed by atoms with van der Waals surface area (Å²) in [6, 6.07) is 0. The predicted octanol–water partition coefficient (Wildman–Crippen LogP) is -0.501. The first-order valence-electron chi connectivity index (χ1n) is 3.99. The van der Waals surface area contributed by atoms with Gasteiger partial charge in [-0.25, -0.2) is 5.01 Å². The Morgan fingerprint density at radius 1 is 1.50 bits per heavy atom. The van der Waals surface area contributed by atoms with Gasteiger partial charge in [-0.05, 0) is 12.5 Å². The number of nitrogens with zero attached hydrogens (tertiary/aromatic N) is 1. The Bertz CT molecular complexity index is 214. The van der Waals surface area contributed by atoms with Gasteiger partial charge in [0.25, 0.3) is 5.91 Å². The van der Waals surface area contributed by atoms with Crippen LogP contribution < -0.4 is 10.7 Å². The van der Waals surface area contributed by atoms with Crippen LogP contribution in [0.5, 0.6) is 0 Å². The van der Waals surface area contributed by atoms with E-state index >= 15 is 0 Å². The molecule has 12 heavy (non-hydrogen) atoms. The number of nitrogens with one attached hydrogen (secondary N) is 2. The summed E-state index contributed by atoms with van der Waals surface area (Å²) in [5, 5.41) is 4.75. The maximum Gasteiger partial charge on any atom is 0.261 e. The van der Waals surface area contributed by atoms with Crippen LogP contribution in [0.25, 0.3) is 0 Å². The fourth-order valence-electron chi connectivity index (χ4n) is 0.963. The van der Waals surface area contributed by atoms with Crippen molar-refractivity contribution in [3.05, 3.63) is 11.1 Å². The first-order chi connectivity index (χ1) is 5.61. The minimum atomic E-state index is -0.00324.